The molecule has 2 aromatic rings. The number of aryl methyl sites for hydroxylation is 1. The molecular weight excluding hydrogens is 248 g/mol. The van der Waals surface area contributed by atoms with Crippen molar-refractivity contribution in [2.45, 2.75) is 13.5 Å². The molecule has 0 saturated carbocycles. The third kappa shape index (κ3) is 2.48. The lowest BCUT2D eigenvalue weighted by Crippen LogP contribution is -2.23. The Bertz CT molecular complexity index is 567. The second kappa shape index (κ2) is 5.14. The molecule has 18 heavy (non-hydrogen) atoms. The molecule has 2 rings (SSSR count). The Morgan fingerprint density at radius 1 is 1.44 bits per heavy atom. The van der Waals surface area contributed by atoms with Gasteiger partial charge >= 0.3 is 0 Å². The molecule has 0 spiro atoms. The van der Waals surface area contributed by atoms with Gasteiger partial charge in [0.05, 0.1) is 6.26 Å². The third-order valence-corrected chi connectivity index (χ3v) is 2.84. The number of furan rings is 1. The zero-order chi connectivity index (χ0) is 13.1. The predicted octanol–water partition coefficient (Wildman–Crippen LogP) is 1.65. The lowest BCUT2D eigenvalue weighted by Gasteiger charge is -2.19. The van der Waals surface area contributed by atoms with Gasteiger partial charge < -0.3 is 15.1 Å². The highest BCUT2D eigenvalue weighted by atomic mass is 32.1. The van der Waals surface area contributed by atoms with Crippen molar-refractivity contribution in [1.82, 2.24) is 9.97 Å². The van der Waals surface area contributed by atoms with Gasteiger partial charge in [-0.2, -0.15) is 0 Å². The van der Waals surface area contributed by atoms with Gasteiger partial charge in [-0.25, -0.2) is 9.97 Å². The molecule has 6 heteroatoms. The average Bonchev–Trinajstić information content (AvgIpc) is 2.75. The highest BCUT2D eigenvalue weighted by Crippen LogP contribution is 2.18. The quantitative estimate of drug-likeness (QED) is 0.845. The van der Waals surface area contributed by atoms with Gasteiger partial charge in [-0.05, 0) is 13.0 Å². The maximum Gasteiger partial charge on any atom is 0.157 e. The fourth-order valence-electron chi connectivity index (χ4n) is 1.69. The number of thiocarbonyl (C=S) groups is 1. The fraction of sp³-hybridized carbons (Fsp3) is 0.250. The lowest BCUT2D eigenvalue weighted by atomic mass is 10.2. The molecule has 5 nitrogen and oxygen atoms in total. The monoisotopic (exact) mass is 262 g/mol. The summed E-state index contributed by atoms with van der Waals surface area (Å²) in [6.07, 6.45) is 4.87. The number of nitrogens with two attached hydrogens (primary N) is 1. The number of anilines is 1. The number of hydrogen-bond donors (Lipinski definition) is 1. The van der Waals surface area contributed by atoms with Crippen LogP contribution in [0.1, 0.15) is 17.0 Å². The molecule has 2 N–H and O–H groups in total. The van der Waals surface area contributed by atoms with E-state index in [0.29, 0.717) is 18.1 Å². The van der Waals surface area contributed by atoms with Gasteiger partial charge in [-0.1, -0.05) is 12.2 Å². The van der Waals surface area contributed by atoms with E-state index in [1.807, 2.05) is 24.9 Å². The maximum atomic E-state index is 5.64. The summed E-state index contributed by atoms with van der Waals surface area (Å²) in [5.41, 5.74) is 7.27. The minimum atomic E-state index is 0.244. The summed E-state index contributed by atoms with van der Waals surface area (Å²) in [6, 6.07) is 1.93. The molecule has 0 amide bonds. The molecule has 0 atom stereocenters. The van der Waals surface area contributed by atoms with E-state index in [1.54, 1.807) is 18.7 Å². The summed E-state index contributed by atoms with van der Waals surface area (Å²) in [4.78, 5) is 10.6. The Morgan fingerprint density at radius 3 is 2.78 bits per heavy atom. The molecule has 0 aliphatic heterocycles. The van der Waals surface area contributed by atoms with Crippen molar-refractivity contribution >= 4 is 23.0 Å². The van der Waals surface area contributed by atoms with E-state index < -0.39 is 0 Å². The standard InChI is InChI=1S/C12H14N4OS/c1-8-9(3-6-17-8)7-16(2)12-10(11(13)18)14-4-5-15-12/h3-6H,7H2,1-2H3,(H2,13,18). The minimum absolute atomic E-state index is 0.244. The largest absolute Gasteiger partial charge is 0.469 e. The summed E-state index contributed by atoms with van der Waals surface area (Å²) in [7, 11) is 1.91. The van der Waals surface area contributed by atoms with Crippen molar-refractivity contribution in [1.29, 1.82) is 0 Å². The lowest BCUT2D eigenvalue weighted by molar-refractivity contribution is 0.529. The second-order valence-corrected chi connectivity index (χ2v) is 4.39. The van der Waals surface area contributed by atoms with Crippen LogP contribution in [0.25, 0.3) is 0 Å². The molecular formula is C12H14N4OS. The van der Waals surface area contributed by atoms with Crippen molar-refractivity contribution in [3.8, 4) is 0 Å². The third-order valence-electron chi connectivity index (χ3n) is 2.65. The first-order valence-electron chi connectivity index (χ1n) is 5.44. The predicted molar refractivity (Wildman–Crippen MR) is 73.5 cm³/mol. The second-order valence-electron chi connectivity index (χ2n) is 3.95. The molecule has 2 aromatic heterocycles. The van der Waals surface area contributed by atoms with E-state index in [4.69, 9.17) is 22.4 Å². The molecule has 0 aliphatic rings. The van der Waals surface area contributed by atoms with Crippen LogP contribution in [0.2, 0.25) is 0 Å². The summed E-state index contributed by atoms with van der Waals surface area (Å²) in [5, 5.41) is 0. The first-order chi connectivity index (χ1) is 8.59. The Labute approximate surface area is 111 Å². The molecule has 0 aromatic carbocycles. The van der Waals surface area contributed by atoms with Crippen molar-refractivity contribution in [2.75, 3.05) is 11.9 Å². The van der Waals surface area contributed by atoms with E-state index in [2.05, 4.69) is 9.97 Å². The van der Waals surface area contributed by atoms with Crippen LogP contribution >= 0.6 is 12.2 Å². The average molecular weight is 262 g/mol. The van der Waals surface area contributed by atoms with E-state index in [1.165, 1.54) is 0 Å². The van der Waals surface area contributed by atoms with E-state index in [-0.39, 0.29) is 4.99 Å². The highest BCUT2D eigenvalue weighted by molar-refractivity contribution is 7.80. The molecule has 0 fully saturated rings. The Kier molecular flexibility index (Phi) is 3.57. The van der Waals surface area contributed by atoms with Crippen LogP contribution in [-0.2, 0) is 6.54 Å². The fourth-order valence-corrected chi connectivity index (χ4v) is 1.83. The topological polar surface area (TPSA) is 68.2 Å². The summed E-state index contributed by atoms with van der Waals surface area (Å²) >= 11 is 4.97. The zero-order valence-electron chi connectivity index (χ0n) is 10.3. The summed E-state index contributed by atoms with van der Waals surface area (Å²) in [6.45, 7) is 2.59. The van der Waals surface area contributed by atoms with Crippen LogP contribution in [0.4, 0.5) is 5.82 Å². The van der Waals surface area contributed by atoms with Crippen molar-refractivity contribution in [2.24, 2.45) is 5.73 Å². The summed E-state index contributed by atoms with van der Waals surface area (Å²) in [5.74, 6) is 1.56. The van der Waals surface area contributed by atoms with Crippen LogP contribution in [0.5, 0.6) is 0 Å². The van der Waals surface area contributed by atoms with Crippen molar-refractivity contribution in [3.63, 3.8) is 0 Å². The van der Waals surface area contributed by atoms with Gasteiger partial charge in [0.15, 0.2) is 5.82 Å². The first kappa shape index (κ1) is 12.5. The smallest absolute Gasteiger partial charge is 0.157 e. The Morgan fingerprint density at radius 2 is 2.17 bits per heavy atom. The van der Waals surface area contributed by atoms with E-state index in [0.717, 1.165) is 11.3 Å². The van der Waals surface area contributed by atoms with Crippen LogP contribution in [0.3, 0.4) is 0 Å². The zero-order valence-corrected chi connectivity index (χ0v) is 11.1. The van der Waals surface area contributed by atoms with Gasteiger partial charge in [-0.15, -0.1) is 0 Å². The Hall–Kier alpha value is -1.95. The number of nitrogens with zero attached hydrogens (tertiary/aromatic N) is 3. The molecule has 0 unspecified atom stereocenters. The Balaban J connectivity index is 2.26. The van der Waals surface area contributed by atoms with Crippen LogP contribution in [0.15, 0.2) is 29.1 Å². The summed E-state index contributed by atoms with van der Waals surface area (Å²) < 4.78 is 5.27. The molecule has 94 valence electrons. The normalized spacial score (nSPS) is 10.3. The molecule has 0 saturated heterocycles. The molecule has 2 heterocycles. The number of rotatable bonds is 4. The first-order valence-corrected chi connectivity index (χ1v) is 5.85. The number of hydrogen-bond acceptors (Lipinski definition) is 5. The molecule has 0 aliphatic carbocycles. The van der Waals surface area contributed by atoms with Crippen LogP contribution in [-0.4, -0.2) is 22.0 Å². The highest BCUT2D eigenvalue weighted by Gasteiger charge is 2.14. The molecule has 0 radical (unpaired) electrons. The van der Waals surface area contributed by atoms with Crippen molar-refractivity contribution in [3.05, 3.63) is 41.7 Å². The van der Waals surface area contributed by atoms with Crippen molar-refractivity contribution < 1.29 is 4.42 Å². The SMILES string of the molecule is Cc1occc1CN(C)c1nccnc1C(N)=S. The molecule has 0 bridgehead atoms. The van der Waals surface area contributed by atoms with Gasteiger partial charge in [0.1, 0.15) is 16.4 Å². The van der Waals surface area contributed by atoms with Crippen LogP contribution in [0, 0.1) is 6.92 Å². The minimum Gasteiger partial charge on any atom is -0.469 e. The van der Waals surface area contributed by atoms with Gasteiger partial charge in [0.2, 0.25) is 0 Å². The van der Waals surface area contributed by atoms with E-state index in [9.17, 15) is 0 Å². The van der Waals surface area contributed by atoms with Gasteiger partial charge in [-0.3, -0.25) is 0 Å². The number of aromatic nitrogens is 2. The maximum absolute atomic E-state index is 5.64. The van der Waals surface area contributed by atoms with Gasteiger partial charge in [0, 0.05) is 31.5 Å². The van der Waals surface area contributed by atoms with Crippen LogP contribution < -0.4 is 10.6 Å². The van der Waals surface area contributed by atoms with Gasteiger partial charge in [0.25, 0.3) is 0 Å². The van der Waals surface area contributed by atoms with E-state index >= 15 is 0 Å².